The van der Waals surface area contributed by atoms with Gasteiger partial charge in [0.15, 0.2) is 0 Å². The van der Waals surface area contributed by atoms with Gasteiger partial charge in [-0.3, -0.25) is 9.69 Å². The lowest BCUT2D eigenvalue weighted by Gasteiger charge is -2.36. The standard InChI is InChI=1S/C24H26FN5O4S/c1-2-34-27-19(23-26-5-10-35-23)14-28-6-8-29(9-7-28)21-12-20-16(11-18(21)25)22(31)17(24(32)33)13-30(20)15-3-4-15/h5,10-13,15H,2-4,6-9,14H2,1H3,(H,32,33)/b27-19+. The average Bonchev–Trinajstić information content (AvgIpc) is 3.55. The molecule has 1 saturated carbocycles. The zero-order valence-electron chi connectivity index (χ0n) is 19.3. The van der Waals surface area contributed by atoms with Crippen LogP contribution in [0.1, 0.15) is 41.2 Å². The lowest BCUT2D eigenvalue weighted by Crippen LogP contribution is -2.48. The number of hydrogen-bond acceptors (Lipinski definition) is 8. The van der Waals surface area contributed by atoms with Crippen LogP contribution >= 0.6 is 11.3 Å². The molecule has 35 heavy (non-hydrogen) atoms. The number of carboxylic acid groups (broad SMARTS) is 1. The predicted octanol–water partition coefficient (Wildman–Crippen LogP) is 3.19. The fourth-order valence-electron chi connectivity index (χ4n) is 4.41. The van der Waals surface area contributed by atoms with Crippen LogP contribution in [-0.2, 0) is 4.84 Å². The number of thiazole rings is 1. The molecule has 2 fully saturated rings. The summed E-state index contributed by atoms with van der Waals surface area (Å²) in [5.41, 5.74) is 0.807. The van der Waals surface area contributed by atoms with Crippen LogP contribution in [0.5, 0.6) is 0 Å². The van der Waals surface area contributed by atoms with Crippen LogP contribution in [0, 0.1) is 5.82 Å². The van der Waals surface area contributed by atoms with E-state index >= 15 is 4.39 Å². The number of anilines is 1. The summed E-state index contributed by atoms with van der Waals surface area (Å²) in [6.45, 7) is 5.53. The molecule has 0 bridgehead atoms. The van der Waals surface area contributed by atoms with Gasteiger partial charge in [0.25, 0.3) is 0 Å². The Labute approximate surface area is 205 Å². The first-order chi connectivity index (χ1) is 17.0. The highest BCUT2D eigenvalue weighted by molar-refractivity contribution is 7.11. The summed E-state index contributed by atoms with van der Waals surface area (Å²) in [7, 11) is 0. The summed E-state index contributed by atoms with van der Waals surface area (Å²) in [5.74, 6) is -1.81. The second kappa shape index (κ2) is 9.74. The number of carbonyl (C=O) groups is 1. The summed E-state index contributed by atoms with van der Waals surface area (Å²) in [6.07, 6.45) is 4.96. The maximum Gasteiger partial charge on any atom is 0.341 e. The molecule has 1 aliphatic heterocycles. The van der Waals surface area contributed by atoms with E-state index in [2.05, 4.69) is 15.0 Å². The molecule has 0 atom stereocenters. The van der Waals surface area contributed by atoms with Crippen molar-refractivity contribution in [1.29, 1.82) is 0 Å². The highest BCUT2D eigenvalue weighted by Gasteiger charge is 2.29. The fourth-order valence-corrected chi connectivity index (χ4v) is 5.02. The molecule has 3 heterocycles. The van der Waals surface area contributed by atoms with Crippen LogP contribution in [0.15, 0.2) is 39.9 Å². The van der Waals surface area contributed by atoms with E-state index in [9.17, 15) is 14.7 Å². The zero-order chi connectivity index (χ0) is 24.5. The van der Waals surface area contributed by atoms with E-state index in [-0.39, 0.29) is 17.0 Å². The first-order valence-corrected chi connectivity index (χ1v) is 12.5. The van der Waals surface area contributed by atoms with Crippen molar-refractivity contribution in [2.24, 2.45) is 5.16 Å². The molecule has 0 radical (unpaired) electrons. The van der Waals surface area contributed by atoms with Crippen molar-refractivity contribution in [2.75, 3.05) is 44.2 Å². The second-order valence-electron chi connectivity index (χ2n) is 8.69. The van der Waals surface area contributed by atoms with Crippen LogP contribution < -0.4 is 10.3 Å². The van der Waals surface area contributed by atoms with Crippen molar-refractivity contribution in [2.45, 2.75) is 25.8 Å². The first-order valence-electron chi connectivity index (χ1n) is 11.6. The Balaban J connectivity index is 1.38. The van der Waals surface area contributed by atoms with Gasteiger partial charge in [0.05, 0.1) is 11.2 Å². The van der Waals surface area contributed by atoms with Crippen molar-refractivity contribution in [3.8, 4) is 0 Å². The van der Waals surface area contributed by atoms with Crippen molar-refractivity contribution in [3.05, 3.63) is 56.5 Å². The number of piperazine rings is 1. The number of aromatic nitrogens is 2. The Morgan fingerprint density at radius 1 is 1.29 bits per heavy atom. The lowest BCUT2D eigenvalue weighted by atomic mass is 10.1. The number of oxime groups is 1. The SMILES string of the molecule is CCO/N=C(\CN1CCN(c2cc3c(cc2F)c(=O)c(C(=O)O)cn3C2CC2)CC1)c1nccs1. The topological polar surface area (TPSA) is 100 Å². The predicted molar refractivity (Wildman–Crippen MR) is 132 cm³/mol. The smallest absolute Gasteiger partial charge is 0.341 e. The Morgan fingerprint density at radius 2 is 2.06 bits per heavy atom. The Kier molecular flexibility index (Phi) is 6.52. The average molecular weight is 500 g/mol. The fraction of sp³-hybridized carbons (Fsp3) is 0.417. The van der Waals surface area contributed by atoms with Crippen LogP contribution in [-0.4, -0.2) is 70.6 Å². The molecule has 1 aliphatic carbocycles. The molecular formula is C24H26FN5O4S. The van der Waals surface area contributed by atoms with Crippen molar-refractivity contribution < 1.29 is 19.1 Å². The minimum Gasteiger partial charge on any atom is -0.477 e. The van der Waals surface area contributed by atoms with Gasteiger partial charge < -0.3 is 19.4 Å². The van der Waals surface area contributed by atoms with Gasteiger partial charge in [0.1, 0.15) is 28.7 Å². The van der Waals surface area contributed by atoms with Crippen LogP contribution in [0.4, 0.5) is 10.1 Å². The molecule has 0 amide bonds. The molecule has 0 unspecified atom stereocenters. The van der Waals surface area contributed by atoms with E-state index in [4.69, 9.17) is 4.84 Å². The van der Waals surface area contributed by atoms with Crippen LogP contribution in [0.2, 0.25) is 0 Å². The third kappa shape index (κ3) is 4.78. The van der Waals surface area contributed by atoms with Gasteiger partial charge in [0.2, 0.25) is 5.43 Å². The summed E-state index contributed by atoms with van der Waals surface area (Å²) in [5, 5.41) is 16.5. The maximum absolute atomic E-state index is 15.2. The summed E-state index contributed by atoms with van der Waals surface area (Å²) in [6, 6.07) is 3.03. The molecule has 3 aromatic rings. The Hall–Kier alpha value is -3.31. The van der Waals surface area contributed by atoms with Crippen molar-refractivity contribution >= 4 is 39.6 Å². The van der Waals surface area contributed by atoms with Gasteiger partial charge in [-0.25, -0.2) is 14.2 Å². The highest BCUT2D eigenvalue weighted by atomic mass is 32.1. The van der Waals surface area contributed by atoms with Crippen molar-refractivity contribution in [3.63, 3.8) is 0 Å². The molecule has 0 spiro atoms. The number of nitrogens with zero attached hydrogens (tertiary/aromatic N) is 5. The normalized spacial score (nSPS) is 17.2. The van der Waals surface area contributed by atoms with Crippen LogP contribution in [0.25, 0.3) is 10.9 Å². The minimum absolute atomic E-state index is 0.108. The van der Waals surface area contributed by atoms with Gasteiger partial charge >= 0.3 is 5.97 Å². The largest absolute Gasteiger partial charge is 0.477 e. The molecule has 2 aromatic heterocycles. The molecule has 9 nitrogen and oxygen atoms in total. The third-order valence-corrected chi connectivity index (χ3v) is 7.16. The molecule has 1 aromatic carbocycles. The summed E-state index contributed by atoms with van der Waals surface area (Å²) in [4.78, 5) is 38.1. The molecule has 2 aliphatic rings. The zero-order valence-corrected chi connectivity index (χ0v) is 20.1. The summed E-state index contributed by atoms with van der Waals surface area (Å²) < 4.78 is 17.0. The number of pyridine rings is 1. The Bertz CT molecular complexity index is 1330. The van der Waals surface area contributed by atoms with Gasteiger partial charge in [0, 0.05) is 61.9 Å². The Morgan fingerprint density at radius 3 is 2.69 bits per heavy atom. The number of benzene rings is 1. The van der Waals surface area contributed by atoms with Gasteiger partial charge in [-0.2, -0.15) is 0 Å². The van der Waals surface area contributed by atoms with E-state index in [1.165, 1.54) is 23.6 Å². The number of rotatable bonds is 8. The van der Waals surface area contributed by atoms with E-state index in [1.807, 2.05) is 21.8 Å². The highest BCUT2D eigenvalue weighted by Crippen LogP contribution is 2.38. The number of fused-ring (bicyclic) bond motifs is 1. The van der Waals surface area contributed by atoms with E-state index < -0.39 is 17.2 Å². The molecule has 5 rings (SSSR count). The maximum atomic E-state index is 15.2. The molecule has 11 heteroatoms. The van der Waals surface area contributed by atoms with Gasteiger partial charge in [-0.1, -0.05) is 5.16 Å². The monoisotopic (exact) mass is 499 g/mol. The molecule has 1 N–H and O–H groups in total. The van der Waals surface area contributed by atoms with Crippen molar-refractivity contribution in [1.82, 2.24) is 14.5 Å². The number of hydrogen-bond donors (Lipinski definition) is 1. The van der Waals surface area contributed by atoms with E-state index in [0.29, 0.717) is 50.5 Å². The second-order valence-corrected chi connectivity index (χ2v) is 9.59. The lowest BCUT2D eigenvalue weighted by molar-refractivity contribution is 0.0695. The van der Waals surface area contributed by atoms with E-state index in [1.54, 1.807) is 12.3 Å². The first kappa shape index (κ1) is 23.4. The number of halogens is 1. The number of aromatic carboxylic acids is 1. The quantitative estimate of drug-likeness (QED) is 0.375. The minimum atomic E-state index is -1.29. The van der Waals surface area contributed by atoms with Gasteiger partial charge in [-0.05, 0) is 31.9 Å². The number of carboxylic acids is 1. The molecular weight excluding hydrogens is 473 g/mol. The van der Waals surface area contributed by atoms with Gasteiger partial charge in [-0.15, -0.1) is 11.3 Å². The third-order valence-electron chi connectivity index (χ3n) is 6.34. The summed E-state index contributed by atoms with van der Waals surface area (Å²) >= 11 is 1.51. The van der Waals surface area contributed by atoms with Crippen LogP contribution in [0.3, 0.4) is 0 Å². The molecule has 184 valence electrons. The molecule has 1 saturated heterocycles. The van der Waals surface area contributed by atoms with E-state index in [0.717, 1.165) is 23.6 Å².